The average Bonchev–Trinajstić information content (AvgIpc) is 2.49. The predicted molar refractivity (Wildman–Crippen MR) is 78.1 cm³/mol. The van der Waals surface area contributed by atoms with Crippen LogP contribution in [0.3, 0.4) is 0 Å². The molecule has 0 spiro atoms. The molecule has 0 fully saturated rings. The zero-order chi connectivity index (χ0) is 14.4. The van der Waals surface area contributed by atoms with Crippen molar-refractivity contribution in [1.29, 1.82) is 0 Å². The number of anilines is 2. The molecule has 0 aromatic heterocycles. The monoisotopic (exact) mass is 269 g/mol. The van der Waals surface area contributed by atoms with Crippen LogP contribution >= 0.6 is 0 Å². The first-order valence-electron chi connectivity index (χ1n) is 6.12. The highest BCUT2D eigenvalue weighted by atomic mass is 16.2. The Balaban J connectivity index is 1.93. The van der Waals surface area contributed by atoms with Gasteiger partial charge in [0.05, 0.1) is 5.69 Å². The van der Waals surface area contributed by atoms with Crippen LogP contribution < -0.4 is 15.8 Å². The van der Waals surface area contributed by atoms with Gasteiger partial charge in [0.15, 0.2) is 0 Å². The topological polar surface area (TPSA) is 61.4 Å². The van der Waals surface area contributed by atoms with E-state index in [1.165, 1.54) is 5.01 Å². The maximum Gasteiger partial charge on any atom is 0.328 e. The molecule has 0 saturated carbocycles. The van der Waals surface area contributed by atoms with Gasteiger partial charge in [0, 0.05) is 12.7 Å². The molecule has 0 aliphatic rings. The Bertz CT molecular complexity index is 585. The minimum atomic E-state index is -0.722. The van der Waals surface area contributed by atoms with Crippen LogP contribution in [0.5, 0.6) is 0 Å². The molecular weight excluding hydrogens is 254 g/mol. The molecule has 102 valence electrons. The Labute approximate surface area is 117 Å². The van der Waals surface area contributed by atoms with Crippen molar-refractivity contribution in [3.63, 3.8) is 0 Å². The van der Waals surface area contributed by atoms with Gasteiger partial charge in [-0.2, -0.15) is 0 Å². The first-order chi connectivity index (χ1) is 9.66. The van der Waals surface area contributed by atoms with Gasteiger partial charge in [0.25, 0.3) is 0 Å². The zero-order valence-corrected chi connectivity index (χ0v) is 11.0. The lowest BCUT2D eigenvalue weighted by Gasteiger charge is -2.19. The molecule has 0 saturated heterocycles. The van der Waals surface area contributed by atoms with Crippen LogP contribution in [0.4, 0.5) is 11.4 Å². The summed E-state index contributed by atoms with van der Waals surface area (Å²) in [4.78, 5) is 23.5. The number of amides is 2. The molecule has 0 heterocycles. The average molecular weight is 269 g/mol. The summed E-state index contributed by atoms with van der Waals surface area (Å²) < 4.78 is 0. The highest BCUT2D eigenvalue weighted by Crippen LogP contribution is 2.08. The molecule has 0 bridgehead atoms. The molecule has 0 radical (unpaired) electrons. The minimum absolute atomic E-state index is 0.579. The van der Waals surface area contributed by atoms with Crippen molar-refractivity contribution in [3.05, 3.63) is 60.7 Å². The Morgan fingerprint density at radius 2 is 1.40 bits per heavy atom. The van der Waals surface area contributed by atoms with E-state index in [-0.39, 0.29) is 0 Å². The smallest absolute Gasteiger partial charge is 0.318 e. The van der Waals surface area contributed by atoms with Gasteiger partial charge in [-0.05, 0) is 24.3 Å². The van der Waals surface area contributed by atoms with E-state index in [0.29, 0.717) is 5.69 Å². The summed E-state index contributed by atoms with van der Waals surface area (Å²) in [7, 11) is 1.67. The van der Waals surface area contributed by atoms with Crippen molar-refractivity contribution < 1.29 is 9.59 Å². The molecule has 2 amide bonds. The number of carbonyl (C=O) groups is 2. The Morgan fingerprint density at radius 3 is 2.00 bits per heavy atom. The molecule has 20 heavy (non-hydrogen) atoms. The lowest BCUT2D eigenvalue weighted by Crippen LogP contribution is -2.45. The van der Waals surface area contributed by atoms with E-state index in [2.05, 4.69) is 10.7 Å². The first kappa shape index (κ1) is 13.6. The van der Waals surface area contributed by atoms with E-state index in [1.807, 2.05) is 36.4 Å². The Hall–Kier alpha value is -2.82. The van der Waals surface area contributed by atoms with Crippen molar-refractivity contribution in [2.24, 2.45) is 0 Å². The third kappa shape index (κ3) is 3.58. The zero-order valence-electron chi connectivity index (χ0n) is 11.0. The second-order valence-corrected chi connectivity index (χ2v) is 4.16. The molecule has 0 aliphatic heterocycles. The van der Waals surface area contributed by atoms with Gasteiger partial charge >= 0.3 is 11.8 Å². The maximum atomic E-state index is 11.8. The molecule has 2 rings (SSSR count). The molecule has 0 atom stereocenters. The summed E-state index contributed by atoms with van der Waals surface area (Å²) in [6.07, 6.45) is 0. The summed E-state index contributed by atoms with van der Waals surface area (Å²) in [6.45, 7) is 0. The number of hydrazine groups is 1. The van der Waals surface area contributed by atoms with Crippen molar-refractivity contribution in [1.82, 2.24) is 5.43 Å². The highest BCUT2D eigenvalue weighted by Gasteiger charge is 2.15. The van der Waals surface area contributed by atoms with Crippen molar-refractivity contribution in [3.8, 4) is 0 Å². The van der Waals surface area contributed by atoms with Crippen LogP contribution in [0, 0.1) is 0 Å². The van der Waals surface area contributed by atoms with Crippen LogP contribution in [0.25, 0.3) is 0 Å². The summed E-state index contributed by atoms with van der Waals surface area (Å²) >= 11 is 0. The second kappa shape index (κ2) is 6.38. The first-order valence-corrected chi connectivity index (χ1v) is 6.12. The Kier molecular flexibility index (Phi) is 4.34. The van der Waals surface area contributed by atoms with Gasteiger partial charge < -0.3 is 5.32 Å². The molecule has 5 heteroatoms. The SMILES string of the molecule is CN(NC(=O)C(=O)Nc1ccccc1)c1ccccc1. The van der Waals surface area contributed by atoms with E-state index in [0.717, 1.165) is 5.69 Å². The quantitative estimate of drug-likeness (QED) is 0.659. The van der Waals surface area contributed by atoms with Crippen LogP contribution in [0.1, 0.15) is 0 Å². The van der Waals surface area contributed by atoms with Gasteiger partial charge in [-0.3, -0.25) is 20.0 Å². The van der Waals surface area contributed by atoms with E-state index < -0.39 is 11.8 Å². The summed E-state index contributed by atoms with van der Waals surface area (Å²) in [6, 6.07) is 18.1. The number of rotatable bonds is 3. The van der Waals surface area contributed by atoms with Gasteiger partial charge in [-0.25, -0.2) is 0 Å². The van der Waals surface area contributed by atoms with Crippen molar-refractivity contribution in [2.45, 2.75) is 0 Å². The lowest BCUT2D eigenvalue weighted by molar-refractivity contribution is -0.136. The maximum absolute atomic E-state index is 11.8. The fraction of sp³-hybridized carbons (Fsp3) is 0.0667. The van der Waals surface area contributed by atoms with Crippen LogP contribution in [-0.4, -0.2) is 18.9 Å². The largest absolute Gasteiger partial charge is 0.328 e. The van der Waals surface area contributed by atoms with E-state index in [9.17, 15) is 9.59 Å². The highest BCUT2D eigenvalue weighted by molar-refractivity contribution is 6.39. The molecule has 2 N–H and O–H groups in total. The van der Waals surface area contributed by atoms with Crippen molar-refractivity contribution >= 4 is 23.2 Å². The normalized spacial score (nSPS) is 9.65. The molecular formula is C15H15N3O2. The van der Waals surface area contributed by atoms with Crippen LogP contribution in [0.15, 0.2) is 60.7 Å². The number of para-hydroxylation sites is 2. The fourth-order valence-corrected chi connectivity index (χ4v) is 1.63. The molecule has 0 unspecified atom stereocenters. The standard InChI is InChI=1S/C15H15N3O2/c1-18(13-10-6-3-7-11-13)17-15(20)14(19)16-12-8-4-2-5-9-12/h2-11H,1H3,(H,16,19)(H,17,20). The second-order valence-electron chi connectivity index (χ2n) is 4.16. The van der Waals surface area contributed by atoms with E-state index in [1.54, 1.807) is 31.3 Å². The molecule has 2 aromatic carbocycles. The van der Waals surface area contributed by atoms with Crippen LogP contribution in [0.2, 0.25) is 0 Å². The van der Waals surface area contributed by atoms with E-state index in [4.69, 9.17) is 0 Å². The number of benzene rings is 2. The summed E-state index contributed by atoms with van der Waals surface area (Å²) in [5.74, 6) is -1.43. The van der Waals surface area contributed by atoms with Crippen molar-refractivity contribution in [2.75, 3.05) is 17.4 Å². The van der Waals surface area contributed by atoms with Gasteiger partial charge in [-0.15, -0.1) is 0 Å². The predicted octanol–water partition coefficient (Wildman–Crippen LogP) is 1.79. The third-order valence-electron chi connectivity index (χ3n) is 2.65. The summed E-state index contributed by atoms with van der Waals surface area (Å²) in [5, 5.41) is 4.01. The van der Waals surface area contributed by atoms with Gasteiger partial charge in [0.1, 0.15) is 0 Å². The van der Waals surface area contributed by atoms with Gasteiger partial charge in [-0.1, -0.05) is 36.4 Å². The third-order valence-corrected chi connectivity index (χ3v) is 2.65. The number of carbonyl (C=O) groups excluding carboxylic acids is 2. The van der Waals surface area contributed by atoms with Gasteiger partial charge in [0.2, 0.25) is 0 Å². The number of nitrogens with zero attached hydrogens (tertiary/aromatic N) is 1. The number of hydrogen-bond donors (Lipinski definition) is 2. The molecule has 0 aliphatic carbocycles. The Morgan fingerprint density at radius 1 is 0.850 bits per heavy atom. The lowest BCUT2D eigenvalue weighted by atomic mass is 10.3. The fourth-order valence-electron chi connectivity index (χ4n) is 1.63. The molecule has 2 aromatic rings. The number of hydrogen-bond acceptors (Lipinski definition) is 3. The summed E-state index contributed by atoms with van der Waals surface area (Å²) in [5.41, 5.74) is 3.86. The molecule has 5 nitrogen and oxygen atoms in total. The number of nitrogens with one attached hydrogen (secondary N) is 2. The van der Waals surface area contributed by atoms with E-state index >= 15 is 0 Å². The minimum Gasteiger partial charge on any atom is -0.318 e. The van der Waals surface area contributed by atoms with Crippen LogP contribution in [-0.2, 0) is 9.59 Å².